The van der Waals surface area contributed by atoms with Crippen molar-refractivity contribution < 1.29 is 8.42 Å². The molecule has 3 rings (SSSR count). The number of sulfonamides is 1. The number of hydrogen-bond donors (Lipinski definition) is 0. The van der Waals surface area contributed by atoms with E-state index < -0.39 is 10.0 Å². The molecule has 3 aromatic rings. The van der Waals surface area contributed by atoms with E-state index >= 15 is 0 Å². The van der Waals surface area contributed by atoms with Crippen LogP contribution >= 0.6 is 23.2 Å². The van der Waals surface area contributed by atoms with Crippen molar-refractivity contribution in [2.45, 2.75) is 13.5 Å². The Hall–Kier alpha value is -2.27. The van der Waals surface area contributed by atoms with Gasteiger partial charge in [0.2, 0.25) is 0 Å². The Morgan fingerprint density at radius 3 is 2.25 bits per heavy atom. The third-order valence-electron chi connectivity index (χ3n) is 4.09. The molecule has 6 heteroatoms. The minimum Gasteiger partial charge on any atom is -0.262 e. The van der Waals surface area contributed by atoms with E-state index in [1.165, 1.54) is 9.71 Å². The predicted octanol–water partition coefficient (Wildman–Crippen LogP) is 6.31. The van der Waals surface area contributed by atoms with Gasteiger partial charge in [-0.3, -0.25) is 4.31 Å². The van der Waals surface area contributed by atoms with Crippen LogP contribution in [-0.4, -0.2) is 8.42 Å². The summed E-state index contributed by atoms with van der Waals surface area (Å²) in [5.74, 6) is 0. The van der Waals surface area contributed by atoms with E-state index in [0.29, 0.717) is 21.3 Å². The Morgan fingerprint density at radius 1 is 0.893 bits per heavy atom. The van der Waals surface area contributed by atoms with Crippen molar-refractivity contribution in [2.75, 3.05) is 4.31 Å². The third-order valence-corrected chi connectivity index (χ3v) is 6.00. The molecule has 0 saturated carbocycles. The summed E-state index contributed by atoms with van der Waals surface area (Å²) in [5.41, 5.74) is 3.08. The van der Waals surface area contributed by atoms with Gasteiger partial charge in [-0.2, -0.15) is 0 Å². The van der Waals surface area contributed by atoms with Gasteiger partial charge < -0.3 is 0 Å². The molecule has 0 aliphatic heterocycles. The first-order chi connectivity index (χ1) is 13.3. The van der Waals surface area contributed by atoms with Crippen LogP contribution in [0.4, 0.5) is 5.69 Å². The SMILES string of the molecule is Cc1cccc(N(Cc2cccc(Cl)c2)S(=O)(=O)/C=C/c2cccc(Cl)c2)c1. The van der Waals surface area contributed by atoms with Gasteiger partial charge in [-0.1, -0.05) is 59.6 Å². The van der Waals surface area contributed by atoms with Gasteiger partial charge in [0.05, 0.1) is 17.6 Å². The van der Waals surface area contributed by atoms with E-state index in [-0.39, 0.29) is 6.54 Å². The molecule has 0 unspecified atom stereocenters. The van der Waals surface area contributed by atoms with Gasteiger partial charge >= 0.3 is 0 Å². The number of halogens is 2. The maximum Gasteiger partial charge on any atom is 0.257 e. The van der Waals surface area contributed by atoms with Crippen molar-refractivity contribution >= 4 is 45.0 Å². The van der Waals surface area contributed by atoms with Crippen LogP contribution in [0.2, 0.25) is 10.0 Å². The molecule has 0 amide bonds. The average Bonchev–Trinajstić information content (AvgIpc) is 2.65. The summed E-state index contributed by atoms with van der Waals surface area (Å²) in [6.45, 7) is 2.10. The quantitative estimate of drug-likeness (QED) is 0.458. The molecule has 3 aromatic carbocycles. The summed E-state index contributed by atoms with van der Waals surface area (Å²) < 4.78 is 27.7. The third kappa shape index (κ3) is 5.38. The van der Waals surface area contributed by atoms with Crippen molar-refractivity contribution in [3.63, 3.8) is 0 Å². The van der Waals surface area contributed by atoms with Gasteiger partial charge in [0.25, 0.3) is 10.0 Å². The Kier molecular flexibility index (Phi) is 6.45. The number of rotatable bonds is 6. The maximum absolute atomic E-state index is 13.2. The molecule has 0 bridgehead atoms. The van der Waals surface area contributed by atoms with Crippen LogP contribution in [0.1, 0.15) is 16.7 Å². The summed E-state index contributed by atoms with van der Waals surface area (Å²) >= 11 is 12.1. The molecule has 3 nitrogen and oxygen atoms in total. The van der Waals surface area contributed by atoms with E-state index in [2.05, 4.69) is 0 Å². The molecular formula is C22H19Cl2NO2S. The fourth-order valence-corrected chi connectivity index (χ4v) is 4.38. The van der Waals surface area contributed by atoms with Crippen LogP contribution in [0.25, 0.3) is 6.08 Å². The van der Waals surface area contributed by atoms with Crippen LogP contribution in [0, 0.1) is 6.92 Å². The fraction of sp³-hybridized carbons (Fsp3) is 0.0909. The van der Waals surface area contributed by atoms with E-state index in [1.807, 2.05) is 31.2 Å². The number of benzene rings is 3. The van der Waals surface area contributed by atoms with Gasteiger partial charge in [0.1, 0.15) is 0 Å². The van der Waals surface area contributed by atoms with Gasteiger partial charge in [-0.15, -0.1) is 0 Å². The Bertz CT molecular complexity index is 1110. The Balaban J connectivity index is 1.99. The molecule has 0 saturated heterocycles. The van der Waals surface area contributed by atoms with Crippen LogP contribution in [-0.2, 0) is 16.6 Å². The second-order valence-electron chi connectivity index (χ2n) is 6.38. The van der Waals surface area contributed by atoms with Gasteiger partial charge in [0.15, 0.2) is 0 Å². The van der Waals surface area contributed by atoms with Crippen molar-refractivity contribution in [3.8, 4) is 0 Å². The molecule has 0 aliphatic rings. The molecule has 0 heterocycles. The monoisotopic (exact) mass is 431 g/mol. The summed E-state index contributed by atoms with van der Waals surface area (Å²) in [5, 5.41) is 2.31. The second kappa shape index (κ2) is 8.82. The summed E-state index contributed by atoms with van der Waals surface area (Å²) in [7, 11) is -3.75. The van der Waals surface area contributed by atoms with Crippen LogP contribution in [0.5, 0.6) is 0 Å². The first-order valence-electron chi connectivity index (χ1n) is 8.61. The van der Waals surface area contributed by atoms with E-state index in [4.69, 9.17) is 23.2 Å². The normalized spacial score (nSPS) is 11.7. The zero-order chi connectivity index (χ0) is 20.1. The van der Waals surface area contributed by atoms with Crippen molar-refractivity contribution in [3.05, 3.63) is 105 Å². The summed E-state index contributed by atoms with van der Waals surface area (Å²) in [6.07, 6.45) is 1.54. The second-order valence-corrected chi connectivity index (χ2v) is 8.99. The number of aryl methyl sites for hydroxylation is 1. The summed E-state index contributed by atoms with van der Waals surface area (Å²) in [4.78, 5) is 0. The standard InChI is InChI=1S/C22H19Cl2NO2S/c1-17-5-2-10-22(13-17)25(16-19-7-4-9-21(24)15-19)28(26,27)12-11-18-6-3-8-20(23)14-18/h2-15H,16H2,1H3/b12-11+. The lowest BCUT2D eigenvalue weighted by Crippen LogP contribution is -2.28. The summed E-state index contributed by atoms with van der Waals surface area (Å²) in [6, 6.07) is 21.6. The van der Waals surface area contributed by atoms with E-state index in [9.17, 15) is 8.42 Å². The van der Waals surface area contributed by atoms with Crippen LogP contribution in [0.15, 0.2) is 78.2 Å². The zero-order valence-electron chi connectivity index (χ0n) is 15.2. The largest absolute Gasteiger partial charge is 0.262 e. The maximum atomic E-state index is 13.2. The van der Waals surface area contributed by atoms with Crippen LogP contribution < -0.4 is 4.31 Å². The van der Waals surface area contributed by atoms with Crippen LogP contribution in [0.3, 0.4) is 0 Å². The Morgan fingerprint density at radius 2 is 1.57 bits per heavy atom. The zero-order valence-corrected chi connectivity index (χ0v) is 17.5. The first-order valence-corrected chi connectivity index (χ1v) is 10.9. The molecule has 0 radical (unpaired) electrons. The molecule has 0 N–H and O–H groups in total. The highest BCUT2D eigenvalue weighted by Crippen LogP contribution is 2.25. The minimum absolute atomic E-state index is 0.173. The van der Waals surface area contributed by atoms with Gasteiger partial charge in [-0.05, 0) is 66.1 Å². The fourth-order valence-electron chi connectivity index (χ4n) is 2.76. The lowest BCUT2D eigenvalue weighted by atomic mass is 10.2. The number of hydrogen-bond acceptors (Lipinski definition) is 2. The topological polar surface area (TPSA) is 37.4 Å². The molecular weight excluding hydrogens is 413 g/mol. The lowest BCUT2D eigenvalue weighted by molar-refractivity contribution is 0.599. The molecule has 0 aromatic heterocycles. The van der Waals surface area contributed by atoms with E-state index in [0.717, 1.165) is 11.1 Å². The highest BCUT2D eigenvalue weighted by Gasteiger charge is 2.20. The predicted molar refractivity (Wildman–Crippen MR) is 118 cm³/mol. The highest BCUT2D eigenvalue weighted by molar-refractivity contribution is 7.95. The highest BCUT2D eigenvalue weighted by atomic mass is 35.5. The molecule has 144 valence electrons. The molecule has 0 spiro atoms. The van der Waals surface area contributed by atoms with Gasteiger partial charge in [0, 0.05) is 10.0 Å². The number of anilines is 1. The van der Waals surface area contributed by atoms with Crippen molar-refractivity contribution in [1.29, 1.82) is 0 Å². The molecule has 0 fully saturated rings. The molecule has 28 heavy (non-hydrogen) atoms. The molecule has 0 atom stereocenters. The van der Waals surface area contributed by atoms with E-state index in [1.54, 1.807) is 54.6 Å². The average molecular weight is 432 g/mol. The lowest BCUT2D eigenvalue weighted by Gasteiger charge is -2.23. The Labute approximate surface area is 175 Å². The first kappa shape index (κ1) is 20.5. The number of nitrogens with zero attached hydrogens (tertiary/aromatic N) is 1. The molecule has 0 aliphatic carbocycles. The smallest absolute Gasteiger partial charge is 0.257 e. The minimum atomic E-state index is -3.75. The van der Waals surface area contributed by atoms with Gasteiger partial charge in [-0.25, -0.2) is 8.42 Å². The van der Waals surface area contributed by atoms with Crippen molar-refractivity contribution in [1.82, 2.24) is 0 Å². The van der Waals surface area contributed by atoms with Crippen molar-refractivity contribution in [2.24, 2.45) is 0 Å².